The number of benzene rings is 1. The largest absolute Gasteiger partial charge is 0.493 e. The fraction of sp³-hybridized carbons (Fsp3) is 0.333. The molecule has 0 spiro atoms. The maximum absolute atomic E-state index is 11.7. The van der Waals surface area contributed by atoms with E-state index in [4.69, 9.17) is 4.74 Å². The third-order valence-electron chi connectivity index (χ3n) is 3.39. The number of nitrogens with one attached hydrogen (secondary N) is 1. The average Bonchev–Trinajstić information content (AvgIpc) is 2.54. The van der Waals surface area contributed by atoms with Crippen LogP contribution in [0.15, 0.2) is 53.5 Å². The molecule has 0 atom stereocenters. The molecule has 0 aliphatic heterocycles. The van der Waals surface area contributed by atoms with Crippen molar-refractivity contribution in [2.45, 2.75) is 26.3 Å². The van der Waals surface area contributed by atoms with E-state index in [0.717, 1.165) is 11.3 Å². The first-order valence-electron chi connectivity index (χ1n) is 7.77. The molecule has 1 aromatic heterocycles. The van der Waals surface area contributed by atoms with E-state index in [1.807, 2.05) is 43.3 Å². The number of amides is 1. The van der Waals surface area contributed by atoms with Gasteiger partial charge in [0.05, 0.1) is 13.0 Å². The Bertz CT molecular complexity index is 680. The van der Waals surface area contributed by atoms with Crippen molar-refractivity contribution >= 4 is 5.91 Å². The van der Waals surface area contributed by atoms with Crippen molar-refractivity contribution in [2.75, 3.05) is 13.2 Å². The van der Waals surface area contributed by atoms with Crippen LogP contribution in [-0.2, 0) is 11.3 Å². The molecule has 1 aromatic carbocycles. The second-order valence-electron chi connectivity index (χ2n) is 5.35. The number of para-hydroxylation sites is 1. The predicted octanol–water partition coefficient (Wildman–Crippen LogP) is 2.13. The minimum absolute atomic E-state index is 0.00686. The lowest BCUT2D eigenvalue weighted by Crippen LogP contribution is -2.28. The second kappa shape index (κ2) is 8.78. The molecule has 0 unspecified atom stereocenters. The van der Waals surface area contributed by atoms with Crippen LogP contribution in [0.5, 0.6) is 5.75 Å². The van der Waals surface area contributed by atoms with Crippen LogP contribution in [0.1, 0.15) is 18.4 Å². The number of hydrogen-bond acceptors (Lipinski definition) is 3. The third kappa shape index (κ3) is 5.98. The maximum atomic E-state index is 11.7. The first-order chi connectivity index (χ1) is 11.1. The van der Waals surface area contributed by atoms with Gasteiger partial charge in [-0.15, -0.1) is 0 Å². The van der Waals surface area contributed by atoms with Crippen molar-refractivity contribution < 1.29 is 9.53 Å². The van der Waals surface area contributed by atoms with Crippen molar-refractivity contribution in [1.29, 1.82) is 0 Å². The minimum atomic E-state index is -0.0443. The highest BCUT2D eigenvalue weighted by Crippen LogP contribution is 2.08. The molecule has 2 aromatic rings. The second-order valence-corrected chi connectivity index (χ2v) is 5.35. The summed E-state index contributed by atoms with van der Waals surface area (Å²) in [5.74, 6) is 0.719. The molecule has 1 N–H and O–H groups in total. The summed E-state index contributed by atoms with van der Waals surface area (Å²) in [5.41, 5.74) is 0.950. The van der Waals surface area contributed by atoms with Gasteiger partial charge in [0, 0.05) is 25.4 Å². The number of rotatable bonds is 8. The number of aryl methyl sites for hydroxylation is 2. The standard InChI is InChI=1S/C18H22N2O3/c1-15-8-12-20(18(22)14-15)11-5-10-19-17(21)9-13-23-16-6-3-2-4-7-16/h2-4,6-8,12,14H,5,9-11,13H2,1H3,(H,19,21). The summed E-state index contributed by atoms with van der Waals surface area (Å²) in [6.07, 6.45) is 2.82. The highest BCUT2D eigenvalue weighted by atomic mass is 16.5. The Morgan fingerprint density at radius 1 is 1.22 bits per heavy atom. The lowest BCUT2D eigenvalue weighted by atomic mass is 10.3. The molecule has 5 nitrogen and oxygen atoms in total. The van der Waals surface area contributed by atoms with E-state index in [-0.39, 0.29) is 11.5 Å². The van der Waals surface area contributed by atoms with E-state index in [2.05, 4.69) is 5.32 Å². The van der Waals surface area contributed by atoms with Gasteiger partial charge < -0.3 is 14.6 Å². The average molecular weight is 314 g/mol. The molecule has 0 radical (unpaired) electrons. The van der Waals surface area contributed by atoms with E-state index < -0.39 is 0 Å². The van der Waals surface area contributed by atoms with E-state index in [9.17, 15) is 9.59 Å². The molecular formula is C18H22N2O3. The molecule has 0 saturated carbocycles. The van der Waals surface area contributed by atoms with E-state index in [1.54, 1.807) is 16.8 Å². The van der Waals surface area contributed by atoms with Crippen molar-refractivity contribution in [3.05, 3.63) is 64.6 Å². The summed E-state index contributed by atoms with van der Waals surface area (Å²) >= 11 is 0. The first-order valence-corrected chi connectivity index (χ1v) is 7.77. The zero-order valence-corrected chi connectivity index (χ0v) is 13.3. The number of carbonyl (C=O) groups is 1. The van der Waals surface area contributed by atoms with Gasteiger partial charge in [-0.1, -0.05) is 18.2 Å². The van der Waals surface area contributed by atoms with Gasteiger partial charge in [0.25, 0.3) is 5.56 Å². The Hall–Kier alpha value is -2.56. The summed E-state index contributed by atoms with van der Waals surface area (Å²) in [5, 5.41) is 2.84. The molecule has 0 bridgehead atoms. The molecular weight excluding hydrogens is 292 g/mol. The highest BCUT2D eigenvalue weighted by molar-refractivity contribution is 5.75. The Kier molecular flexibility index (Phi) is 6.41. The summed E-state index contributed by atoms with van der Waals surface area (Å²) in [6.45, 7) is 3.39. The van der Waals surface area contributed by atoms with Crippen molar-refractivity contribution in [1.82, 2.24) is 9.88 Å². The molecule has 23 heavy (non-hydrogen) atoms. The molecule has 122 valence electrons. The summed E-state index contributed by atoms with van der Waals surface area (Å²) in [6, 6.07) is 12.9. The van der Waals surface area contributed by atoms with Crippen molar-refractivity contribution in [3.63, 3.8) is 0 Å². The van der Waals surface area contributed by atoms with Gasteiger partial charge in [-0.2, -0.15) is 0 Å². The number of aromatic nitrogens is 1. The molecule has 1 amide bonds. The minimum Gasteiger partial charge on any atom is -0.493 e. The van der Waals surface area contributed by atoms with Crippen molar-refractivity contribution in [2.24, 2.45) is 0 Å². The van der Waals surface area contributed by atoms with E-state index in [1.165, 1.54) is 0 Å². The number of nitrogens with zero attached hydrogens (tertiary/aromatic N) is 1. The van der Waals surface area contributed by atoms with Gasteiger partial charge in [0.15, 0.2) is 0 Å². The van der Waals surface area contributed by atoms with Gasteiger partial charge in [0.2, 0.25) is 5.91 Å². The highest BCUT2D eigenvalue weighted by Gasteiger charge is 2.02. The van der Waals surface area contributed by atoms with Gasteiger partial charge >= 0.3 is 0 Å². The lowest BCUT2D eigenvalue weighted by molar-refractivity contribution is -0.121. The molecule has 0 aliphatic rings. The first kappa shape index (κ1) is 16.8. The Labute approximate surface area is 135 Å². The number of pyridine rings is 1. The molecule has 0 fully saturated rings. The van der Waals surface area contributed by atoms with Crippen LogP contribution in [0, 0.1) is 6.92 Å². The Balaban J connectivity index is 1.60. The fourth-order valence-corrected chi connectivity index (χ4v) is 2.14. The van der Waals surface area contributed by atoms with Crippen LogP contribution >= 0.6 is 0 Å². The zero-order valence-electron chi connectivity index (χ0n) is 13.3. The molecule has 5 heteroatoms. The summed E-state index contributed by atoms with van der Waals surface area (Å²) < 4.78 is 7.12. The quantitative estimate of drug-likeness (QED) is 0.759. The zero-order chi connectivity index (χ0) is 16.5. The normalized spacial score (nSPS) is 10.3. The van der Waals surface area contributed by atoms with Crippen LogP contribution in [0.4, 0.5) is 0 Å². The molecule has 1 heterocycles. The van der Waals surface area contributed by atoms with Crippen LogP contribution in [0.3, 0.4) is 0 Å². The number of carbonyl (C=O) groups excluding carboxylic acids is 1. The molecule has 2 rings (SSSR count). The van der Waals surface area contributed by atoms with Crippen LogP contribution < -0.4 is 15.6 Å². The smallest absolute Gasteiger partial charge is 0.250 e. The van der Waals surface area contributed by atoms with Gasteiger partial charge in [-0.3, -0.25) is 9.59 Å². The number of ether oxygens (including phenoxy) is 1. The SMILES string of the molecule is Cc1ccn(CCCNC(=O)CCOc2ccccc2)c(=O)c1. The molecule has 0 saturated heterocycles. The van der Waals surface area contributed by atoms with Crippen LogP contribution in [-0.4, -0.2) is 23.6 Å². The Morgan fingerprint density at radius 3 is 2.74 bits per heavy atom. The predicted molar refractivity (Wildman–Crippen MR) is 89.6 cm³/mol. The van der Waals surface area contributed by atoms with E-state index in [0.29, 0.717) is 32.5 Å². The topological polar surface area (TPSA) is 60.3 Å². The van der Waals surface area contributed by atoms with E-state index >= 15 is 0 Å². The molecule has 0 aliphatic carbocycles. The van der Waals surface area contributed by atoms with Gasteiger partial charge in [-0.25, -0.2) is 0 Å². The summed E-state index contributed by atoms with van der Waals surface area (Å²) in [7, 11) is 0. The van der Waals surface area contributed by atoms with Gasteiger partial charge in [0.1, 0.15) is 5.75 Å². The lowest BCUT2D eigenvalue weighted by Gasteiger charge is -2.08. The van der Waals surface area contributed by atoms with Gasteiger partial charge in [-0.05, 0) is 37.1 Å². The summed E-state index contributed by atoms with van der Waals surface area (Å²) in [4.78, 5) is 23.4. The van der Waals surface area contributed by atoms with Crippen LogP contribution in [0.25, 0.3) is 0 Å². The Morgan fingerprint density at radius 2 is 2.00 bits per heavy atom. The fourth-order valence-electron chi connectivity index (χ4n) is 2.14. The third-order valence-corrected chi connectivity index (χ3v) is 3.39. The van der Waals surface area contributed by atoms with Crippen LogP contribution in [0.2, 0.25) is 0 Å². The monoisotopic (exact) mass is 314 g/mol. The maximum Gasteiger partial charge on any atom is 0.250 e. The number of hydrogen-bond donors (Lipinski definition) is 1. The van der Waals surface area contributed by atoms with Crippen molar-refractivity contribution in [3.8, 4) is 5.75 Å².